The van der Waals surface area contributed by atoms with E-state index in [1.807, 2.05) is 0 Å². The summed E-state index contributed by atoms with van der Waals surface area (Å²) in [6.45, 7) is 3.56. The second-order valence-electron chi connectivity index (χ2n) is 7.66. The molecule has 3 aromatic heterocycles. The molecule has 0 unspecified atom stereocenters. The fraction of sp³-hybridized carbons (Fsp3) is 0.261. The van der Waals surface area contributed by atoms with Crippen LogP contribution < -0.4 is 15.2 Å². The number of hydrogen-bond acceptors (Lipinski definition) is 6. The van der Waals surface area contributed by atoms with E-state index in [1.54, 1.807) is 24.4 Å². The Labute approximate surface area is 212 Å². The Kier molecular flexibility index (Phi) is 6.89. The van der Waals surface area contributed by atoms with Gasteiger partial charge in [0.05, 0.1) is 29.9 Å². The van der Waals surface area contributed by atoms with Crippen molar-refractivity contribution >= 4 is 34.5 Å². The highest BCUT2D eigenvalue weighted by Gasteiger charge is 2.35. The topological polar surface area (TPSA) is 87.6 Å². The molecule has 4 aromatic rings. The molecule has 0 aliphatic carbocycles. The fourth-order valence-corrected chi connectivity index (χ4v) is 4.41. The molecule has 0 aliphatic rings. The van der Waals surface area contributed by atoms with Crippen molar-refractivity contribution in [3.05, 3.63) is 63.7 Å². The highest BCUT2D eigenvalue weighted by atomic mass is 35.5. The van der Waals surface area contributed by atoms with Gasteiger partial charge in [0.15, 0.2) is 16.8 Å². The van der Waals surface area contributed by atoms with Crippen LogP contribution in [0.2, 0.25) is 10.2 Å². The molecule has 13 heteroatoms. The van der Waals surface area contributed by atoms with Crippen LogP contribution in [-0.4, -0.2) is 33.1 Å². The van der Waals surface area contributed by atoms with E-state index >= 15 is 4.39 Å². The maximum Gasteiger partial charge on any atom is 0.433 e. The second-order valence-corrected chi connectivity index (χ2v) is 8.43. The number of anilines is 1. The molecule has 1 aromatic carbocycles. The first-order valence-corrected chi connectivity index (χ1v) is 11.3. The lowest BCUT2D eigenvalue weighted by molar-refractivity contribution is -0.141. The third-order valence-electron chi connectivity index (χ3n) is 5.52. The van der Waals surface area contributed by atoms with Crippen LogP contribution in [-0.2, 0) is 6.18 Å². The number of rotatable bonds is 6. The van der Waals surface area contributed by atoms with Gasteiger partial charge in [0.2, 0.25) is 5.88 Å². The number of halogens is 6. The SMILES string of the molecule is CCOc1c([C@H](C)c2nc(Cl)c3c(N)nccn23)cc(Cl)c(F)c1-c1ccc(C(F)(F)F)nc1OC. The first-order chi connectivity index (χ1) is 17.0. The first kappa shape index (κ1) is 25.8. The molecule has 4 rings (SSSR count). The lowest BCUT2D eigenvalue weighted by Crippen LogP contribution is -2.11. The van der Waals surface area contributed by atoms with Crippen LogP contribution >= 0.6 is 23.2 Å². The van der Waals surface area contributed by atoms with Crippen molar-refractivity contribution in [1.29, 1.82) is 0 Å². The van der Waals surface area contributed by atoms with Crippen LogP contribution in [0.25, 0.3) is 16.6 Å². The molecule has 1 atom stereocenters. The fourth-order valence-electron chi connectivity index (χ4n) is 3.92. The number of fused-ring (bicyclic) bond motifs is 1. The quantitative estimate of drug-likeness (QED) is 0.283. The number of nitrogen functional groups attached to an aromatic ring is 1. The summed E-state index contributed by atoms with van der Waals surface area (Å²) < 4.78 is 67.7. The molecule has 36 heavy (non-hydrogen) atoms. The van der Waals surface area contributed by atoms with Crippen LogP contribution in [0.4, 0.5) is 23.4 Å². The van der Waals surface area contributed by atoms with E-state index in [1.165, 1.54) is 12.3 Å². The van der Waals surface area contributed by atoms with Crippen LogP contribution in [0.15, 0.2) is 30.6 Å². The molecule has 0 bridgehead atoms. The molecule has 0 radical (unpaired) electrons. The van der Waals surface area contributed by atoms with Gasteiger partial charge < -0.3 is 15.2 Å². The van der Waals surface area contributed by atoms with Crippen molar-refractivity contribution in [3.63, 3.8) is 0 Å². The van der Waals surface area contributed by atoms with Crippen molar-refractivity contribution in [1.82, 2.24) is 19.4 Å². The standard InChI is InChI=1S/C23H19Cl2F4N5O2/c1-4-36-18-12(10(2)21-33-19(25)17-20(30)31-7-8-34(17)21)9-13(24)16(26)15(18)11-5-6-14(23(27,28)29)32-22(11)35-3/h5-10H,4H2,1-3H3,(H2,30,31)/t10-/m0/s1. The molecule has 3 heterocycles. The normalized spacial score (nSPS) is 12.7. The molecular formula is C23H19Cl2F4N5O2. The number of nitrogens with zero attached hydrogens (tertiary/aromatic N) is 4. The van der Waals surface area contributed by atoms with E-state index in [9.17, 15) is 13.2 Å². The third-order valence-corrected chi connectivity index (χ3v) is 6.06. The van der Waals surface area contributed by atoms with E-state index in [0.717, 1.165) is 19.2 Å². The van der Waals surface area contributed by atoms with Crippen LogP contribution in [0.5, 0.6) is 11.6 Å². The molecule has 0 spiro atoms. The Balaban J connectivity index is 1.99. The number of ether oxygens (including phenoxy) is 2. The van der Waals surface area contributed by atoms with Crippen LogP contribution in [0, 0.1) is 5.82 Å². The largest absolute Gasteiger partial charge is 0.493 e. The summed E-state index contributed by atoms with van der Waals surface area (Å²) in [5, 5.41) is -0.173. The van der Waals surface area contributed by atoms with Crippen molar-refractivity contribution in [2.75, 3.05) is 19.5 Å². The Bertz CT molecular complexity index is 1460. The predicted molar refractivity (Wildman–Crippen MR) is 127 cm³/mol. The number of benzene rings is 1. The van der Waals surface area contributed by atoms with Crippen LogP contribution in [0.1, 0.15) is 36.8 Å². The average molecular weight is 544 g/mol. The number of imidazole rings is 1. The van der Waals surface area contributed by atoms with E-state index in [-0.39, 0.29) is 39.5 Å². The van der Waals surface area contributed by atoms with E-state index in [2.05, 4.69) is 15.0 Å². The lowest BCUT2D eigenvalue weighted by Gasteiger charge is -2.22. The maximum absolute atomic E-state index is 15.5. The minimum Gasteiger partial charge on any atom is -0.493 e. The second kappa shape index (κ2) is 9.62. The van der Waals surface area contributed by atoms with Crippen molar-refractivity contribution in [3.8, 4) is 22.8 Å². The maximum atomic E-state index is 15.5. The van der Waals surface area contributed by atoms with Crippen molar-refractivity contribution < 1.29 is 27.0 Å². The van der Waals surface area contributed by atoms with Gasteiger partial charge in [-0.3, -0.25) is 4.40 Å². The van der Waals surface area contributed by atoms with Gasteiger partial charge in [-0.25, -0.2) is 19.3 Å². The Morgan fingerprint density at radius 1 is 1.19 bits per heavy atom. The average Bonchev–Trinajstić information content (AvgIpc) is 3.18. The Hall–Kier alpha value is -3.31. The van der Waals surface area contributed by atoms with Gasteiger partial charge in [0.1, 0.15) is 22.8 Å². The van der Waals surface area contributed by atoms with Gasteiger partial charge in [0, 0.05) is 23.9 Å². The number of pyridine rings is 1. The minimum absolute atomic E-state index is 0.0432. The summed E-state index contributed by atoms with van der Waals surface area (Å²) >= 11 is 12.6. The van der Waals surface area contributed by atoms with Crippen molar-refractivity contribution in [2.24, 2.45) is 0 Å². The van der Waals surface area contributed by atoms with E-state index in [4.69, 9.17) is 38.4 Å². The number of nitrogens with two attached hydrogens (primary N) is 1. The lowest BCUT2D eigenvalue weighted by atomic mass is 9.93. The first-order valence-electron chi connectivity index (χ1n) is 10.5. The van der Waals surface area contributed by atoms with Gasteiger partial charge in [-0.15, -0.1) is 0 Å². The molecule has 190 valence electrons. The third kappa shape index (κ3) is 4.37. The zero-order valence-electron chi connectivity index (χ0n) is 19.1. The molecule has 0 saturated carbocycles. The van der Waals surface area contributed by atoms with Gasteiger partial charge in [-0.05, 0) is 25.1 Å². The Morgan fingerprint density at radius 2 is 1.92 bits per heavy atom. The summed E-state index contributed by atoms with van der Waals surface area (Å²) in [6.07, 6.45) is -1.63. The molecule has 0 amide bonds. The molecule has 2 N–H and O–H groups in total. The number of methoxy groups -OCH3 is 1. The summed E-state index contributed by atoms with van der Waals surface area (Å²) in [5.41, 5.74) is 5.29. The van der Waals surface area contributed by atoms with Gasteiger partial charge in [-0.2, -0.15) is 13.2 Å². The number of alkyl halides is 3. The molecule has 0 fully saturated rings. The molecule has 0 saturated heterocycles. The summed E-state index contributed by atoms with van der Waals surface area (Å²) in [6, 6.07) is 3.17. The molecule has 7 nitrogen and oxygen atoms in total. The van der Waals surface area contributed by atoms with E-state index < -0.39 is 29.5 Å². The molecular weight excluding hydrogens is 525 g/mol. The minimum atomic E-state index is -4.72. The Morgan fingerprint density at radius 3 is 2.56 bits per heavy atom. The van der Waals surface area contributed by atoms with E-state index in [0.29, 0.717) is 16.9 Å². The highest BCUT2D eigenvalue weighted by molar-refractivity contribution is 6.33. The van der Waals surface area contributed by atoms with Gasteiger partial charge in [-0.1, -0.05) is 30.1 Å². The monoisotopic (exact) mass is 543 g/mol. The zero-order chi connectivity index (χ0) is 26.4. The van der Waals surface area contributed by atoms with Gasteiger partial charge >= 0.3 is 6.18 Å². The number of hydrogen-bond donors (Lipinski definition) is 1. The number of aromatic nitrogens is 4. The summed E-state index contributed by atoms with van der Waals surface area (Å²) in [4.78, 5) is 12.0. The zero-order valence-corrected chi connectivity index (χ0v) is 20.6. The van der Waals surface area contributed by atoms with Gasteiger partial charge in [0.25, 0.3) is 0 Å². The summed E-state index contributed by atoms with van der Waals surface area (Å²) in [5.74, 6) is -1.30. The summed E-state index contributed by atoms with van der Waals surface area (Å²) in [7, 11) is 1.13. The molecule has 0 aliphatic heterocycles. The predicted octanol–water partition coefficient (Wildman–Crippen LogP) is 6.40. The van der Waals surface area contributed by atoms with Crippen molar-refractivity contribution in [2.45, 2.75) is 25.9 Å². The highest BCUT2D eigenvalue weighted by Crippen LogP contribution is 2.46. The smallest absolute Gasteiger partial charge is 0.433 e. The van der Waals surface area contributed by atoms with Crippen LogP contribution in [0.3, 0.4) is 0 Å².